The van der Waals surface area contributed by atoms with E-state index in [-0.39, 0.29) is 40.7 Å². The third kappa shape index (κ3) is 5.95. The van der Waals surface area contributed by atoms with Gasteiger partial charge >= 0.3 is 6.18 Å². The van der Waals surface area contributed by atoms with Crippen molar-refractivity contribution in [2.45, 2.75) is 11.1 Å². The number of sulfonamides is 1. The van der Waals surface area contributed by atoms with Crippen LogP contribution in [0.3, 0.4) is 0 Å². The molecule has 1 saturated heterocycles. The summed E-state index contributed by atoms with van der Waals surface area (Å²) in [6.07, 6.45) is -3.74. The summed E-state index contributed by atoms with van der Waals surface area (Å²) in [5.74, 6) is -0.841. The van der Waals surface area contributed by atoms with E-state index in [1.165, 1.54) is 36.4 Å². The van der Waals surface area contributed by atoms with Gasteiger partial charge in [0, 0.05) is 37.8 Å². The van der Waals surface area contributed by atoms with Gasteiger partial charge in [-0.2, -0.15) is 13.2 Å². The first-order chi connectivity index (χ1) is 19.4. The Morgan fingerprint density at radius 1 is 0.878 bits per heavy atom. The van der Waals surface area contributed by atoms with Crippen molar-refractivity contribution in [2.24, 2.45) is 5.14 Å². The second-order valence-electron chi connectivity index (χ2n) is 9.14. The van der Waals surface area contributed by atoms with Crippen LogP contribution in [0.5, 0.6) is 0 Å². The molecule has 0 amide bonds. The van der Waals surface area contributed by atoms with Gasteiger partial charge in [0.05, 0.1) is 21.1 Å². The SMILES string of the molecule is NS(=O)(=O)c1cccc(-c2nc(C(F)(F)F)nc(N3CCN(c4ccc([N+](=O)[O-])cn4)CC3)c2-c2ccccc2)c1. The van der Waals surface area contributed by atoms with Crippen molar-refractivity contribution in [3.05, 3.63) is 88.9 Å². The van der Waals surface area contributed by atoms with Crippen LogP contribution in [0.15, 0.2) is 77.8 Å². The summed E-state index contributed by atoms with van der Waals surface area (Å²) >= 11 is 0. The van der Waals surface area contributed by atoms with E-state index in [1.54, 1.807) is 35.2 Å². The summed E-state index contributed by atoms with van der Waals surface area (Å²) in [6.45, 7) is 1.20. The lowest BCUT2D eigenvalue weighted by atomic mass is 9.98. The number of hydrogen-bond donors (Lipinski definition) is 1. The van der Waals surface area contributed by atoms with Gasteiger partial charge in [-0.3, -0.25) is 10.1 Å². The average Bonchev–Trinajstić information content (AvgIpc) is 2.96. The monoisotopic (exact) mass is 585 g/mol. The van der Waals surface area contributed by atoms with Gasteiger partial charge in [0.15, 0.2) is 0 Å². The highest BCUT2D eigenvalue weighted by Crippen LogP contribution is 2.41. The number of pyridine rings is 1. The van der Waals surface area contributed by atoms with Crippen LogP contribution in [0.25, 0.3) is 22.4 Å². The lowest BCUT2D eigenvalue weighted by molar-refractivity contribution is -0.385. The molecule has 0 aliphatic carbocycles. The molecule has 41 heavy (non-hydrogen) atoms. The molecule has 2 aromatic carbocycles. The highest BCUT2D eigenvalue weighted by Gasteiger charge is 2.38. The minimum Gasteiger partial charge on any atom is -0.353 e. The first-order valence-corrected chi connectivity index (χ1v) is 13.7. The smallest absolute Gasteiger partial charge is 0.353 e. The molecule has 0 bridgehead atoms. The lowest BCUT2D eigenvalue weighted by Gasteiger charge is -2.37. The van der Waals surface area contributed by atoms with E-state index in [2.05, 4.69) is 15.0 Å². The van der Waals surface area contributed by atoms with E-state index in [4.69, 9.17) is 5.14 Å². The molecule has 4 aromatic rings. The molecule has 0 radical (unpaired) electrons. The molecule has 1 fully saturated rings. The van der Waals surface area contributed by atoms with E-state index in [9.17, 15) is 31.7 Å². The maximum atomic E-state index is 14.1. The van der Waals surface area contributed by atoms with Gasteiger partial charge in [-0.1, -0.05) is 42.5 Å². The Hall–Kier alpha value is -4.63. The number of halogens is 3. The average molecular weight is 586 g/mol. The summed E-state index contributed by atoms with van der Waals surface area (Å²) in [4.78, 5) is 25.7. The number of primary sulfonamides is 1. The molecule has 212 valence electrons. The van der Waals surface area contributed by atoms with Gasteiger partial charge in [-0.15, -0.1) is 0 Å². The summed E-state index contributed by atoms with van der Waals surface area (Å²) < 4.78 is 66.3. The van der Waals surface area contributed by atoms with Crippen LogP contribution in [-0.2, 0) is 16.2 Å². The van der Waals surface area contributed by atoms with E-state index in [1.807, 2.05) is 4.90 Å². The molecule has 2 N–H and O–H groups in total. The van der Waals surface area contributed by atoms with Crippen LogP contribution in [0.2, 0.25) is 0 Å². The summed E-state index contributed by atoms with van der Waals surface area (Å²) in [6, 6.07) is 16.8. The molecule has 2 aromatic heterocycles. The highest BCUT2D eigenvalue weighted by molar-refractivity contribution is 7.89. The van der Waals surface area contributed by atoms with Crippen molar-refractivity contribution >= 4 is 27.3 Å². The Bertz CT molecular complexity index is 1690. The van der Waals surface area contributed by atoms with Crippen molar-refractivity contribution in [2.75, 3.05) is 36.0 Å². The number of nitrogens with two attached hydrogens (primary N) is 1. The molecule has 0 spiro atoms. The molecule has 0 unspecified atom stereocenters. The Kier molecular flexibility index (Phi) is 7.31. The molecule has 0 saturated carbocycles. The molecule has 1 aliphatic rings. The molecule has 1 aliphatic heterocycles. The molecular formula is C26H22F3N7O4S. The number of nitro groups is 1. The van der Waals surface area contributed by atoms with Gasteiger partial charge in [-0.05, 0) is 23.8 Å². The summed E-state index contributed by atoms with van der Waals surface area (Å²) in [5, 5.41) is 16.2. The van der Waals surface area contributed by atoms with Gasteiger partial charge in [0.1, 0.15) is 17.8 Å². The minimum absolute atomic E-state index is 0.0332. The van der Waals surface area contributed by atoms with Crippen LogP contribution in [0, 0.1) is 10.1 Å². The highest BCUT2D eigenvalue weighted by atomic mass is 32.2. The predicted molar refractivity (Wildman–Crippen MR) is 145 cm³/mol. The molecule has 3 heterocycles. The van der Waals surface area contributed by atoms with Gasteiger partial charge in [-0.25, -0.2) is 28.5 Å². The summed E-state index contributed by atoms with van der Waals surface area (Å²) in [5.41, 5.74) is 0.704. The third-order valence-electron chi connectivity index (χ3n) is 6.49. The van der Waals surface area contributed by atoms with E-state index >= 15 is 0 Å². The molecule has 0 atom stereocenters. The maximum Gasteiger partial charge on any atom is 0.451 e. The molecule has 15 heteroatoms. The Morgan fingerprint density at radius 2 is 1.54 bits per heavy atom. The molecular weight excluding hydrogens is 563 g/mol. The fraction of sp³-hybridized carbons (Fsp3) is 0.192. The van der Waals surface area contributed by atoms with Crippen molar-refractivity contribution in [3.8, 4) is 22.4 Å². The standard InChI is InChI=1S/C26H22F3N7O4S/c27-26(28,29)25-32-23(18-7-4-8-20(15-18)41(30,39)40)22(17-5-2-1-3-6-17)24(33-25)35-13-11-34(12-14-35)21-10-9-19(16-31-21)36(37)38/h1-10,15-16H,11-14H2,(H2,30,39,40). The van der Waals surface area contributed by atoms with Crippen LogP contribution >= 0.6 is 0 Å². The second kappa shape index (κ2) is 10.7. The number of anilines is 2. The molecule has 11 nitrogen and oxygen atoms in total. The first kappa shape index (κ1) is 27.9. The number of aromatic nitrogens is 3. The number of benzene rings is 2. The van der Waals surface area contributed by atoms with Crippen LogP contribution in [0.4, 0.5) is 30.5 Å². The van der Waals surface area contributed by atoms with Crippen molar-refractivity contribution in [1.82, 2.24) is 15.0 Å². The van der Waals surface area contributed by atoms with Crippen LogP contribution < -0.4 is 14.9 Å². The maximum absolute atomic E-state index is 14.1. The topological polar surface area (TPSA) is 148 Å². The summed E-state index contributed by atoms with van der Waals surface area (Å²) in [7, 11) is -4.14. The van der Waals surface area contributed by atoms with E-state index < -0.39 is 26.9 Å². The van der Waals surface area contributed by atoms with Crippen molar-refractivity contribution in [3.63, 3.8) is 0 Å². The Labute approximate surface area is 232 Å². The van der Waals surface area contributed by atoms with Crippen LogP contribution in [0.1, 0.15) is 5.82 Å². The second-order valence-corrected chi connectivity index (χ2v) is 10.7. The van der Waals surface area contributed by atoms with Crippen LogP contribution in [-0.4, -0.2) is 54.5 Å². The zero-order valence-electron chi connectivity index (χ0n) is 21.2. The predicted octanol–water partition coefficient (Wildman–Crippen LogP) is 4.11. The zero-order chi connectivity index (χ0) is 29.4. The van der Waals surface area contributed by atoms with Gasteiger partial charge in [0.2, 0.25) is 15.8 Å². The third-order valence-corrected chi connectivity index (χ3v) is 7.40. The minimum atomic E-state index is -4.89. The first-order valence-electron chi connectivity index (χ1n) is 12.2. The Morgan fingerprint density at radius 3 is 2.12 bits per heavy atom. The molecule has 5 rings (SSSR count). The Balaban J connectivity index is 1.61. The van der Waals surface area contributed by atoms with Gasteiger partial charge in [0.25, 0.3) is 5.69 Å². The quantitative estimate of drug-likeness (QED) is 0.261. The van der Waals surface area contributed by atoms with Crippen molar-refractivity contribution in [1.29, 1.82) is 0 Å². The number of piperazine rings is 1. The number of rotatable bonds is 6. The van der Waals surface area contributed by atoms with E-state index in [0.29, 0.717) is 30.0 Å². The fourth-order valence-electron chi connectivity index (χ4n) is 4.53. The largest absolute Gasteiger partial charge is 0.451 e. The fourth-order valence-corrected chi connectivity index (χ4v) is 5.08. The number of alkyl halides is 3. The zero-order valence-corrected chi connectivity index (χ0v) is 22.0. The van der Waals surface area contributed by atoms with Crippen molar-refractivity contribution < 1.29 is 26.5 Å². The number of hydrogen-bond acceptors (Lipinski definition) is 9. The van der Waals surface area contributed by atoms with Gasteiger partial charge < -0.3 is 9.80 Å². The normalized spacial score (nSPS) is 14.2. The lowest BCUT2D eigenvalue weighted by Crippen LogP contribution is -2.47. The van der Waals surface area contributed by atoms with E-state index in [0.717, 1.165) is 6.20 Å². The number of nitrogens with zero attached hydrogens (tertiary/aromatic N) is 6.